The van der Waals surface area contributed by atoms with Crippen molar-refractivity contribution in [2.24, 2.45) is 0 Å². The predicted octanol–water partition coefficient (Wildman–Crippen LogP) is 3.59. The summed E-state index contributed by atoms with van der Waals surface area (Å²) in [5.41, 5.74) is 1.19. The SMILES string of the molecule is COc1cc2c(c3ccccc13)O[C@]1(O)CCC[C@H]2C1. The third-order valence-electron chi connectivity index (χ3n) is 4.62. The van der Waals surface area contributed by atoms with E-state index in [9.17, 15) is 5.11 Å². The van der Waals surface area contributed by atoms with Gasteiger partial charge in [0.1, 0.15) is 11.5 Å². The molecule has 0 spiro atoms. The first-order chi connectivity index (χ1) is 9.70. The fraction of sp³-hybridized carbons (Fsp3) is 0.412. The highest BCUT2D eigenvalue weighted by Gasteiger charge is 2.43. The Hall–Kier alpha value is -1.74. The van der Waals surface area contributed by atoms with Crippen LogP contribution in [0.25, 0.3) is 10.8 Å². The summed E-state index contributed by atoms with van der Waals surface area (Å²) in [6, 6.07) is 10.2. The number of hydrogen-bond acceptors (Lipinski definition) is 3. The van der Waals surface area contributed by atoms with Crippen LogP contribution in [0.3, 0.4) is 0 Å². The van der Waals surface area contributed by atoms with E-state index in [1.54, 1.807) is 7.11 Å². The first-order valence-corrected chi connectivity index (χ1v) is 7.21. The predicted molar refractivity (Wildman–Crippen MR) is 77.3 cm³/mol. The van der Waals surface area contributed by atoms with Crippen molar-refractivity contribution >= 4 is 10.8 Å². The van der Waals surface area contributed by atoms with Gasteiger partial charge in [-0.1, -0.05) is 24.3 Å². The second-order valence-corrected chi connectivity index (χ2v) is 5.88. The Kier molecular flexibility index (Phi) is 2.48. The van der Waals surface area contributed by atoms with Crippen molar-refractivity contribution in [2.75, 3.05) is 7.11 Å². The van der Waals surface area contributed by atoms with Gasteiger partial charge < -0.3 is 14.6 Å². The lowest BCUT2D eigenvalue weighted by Crippen LogP contribution is -2.43. The minimum Gasteiger partial charge on any atom is -0.496 e. The Morgan fingerprint density at radius 3 is 2.90 bits per heavy atom. The highest BCUT2D eigenvalue weighted by molar-refractivity contribution is 5.95. The molecule has 3 nitrogen and oxygen atoms in total. The van der Waals surface area contributed by atoms with E-state index in [1.807, 2.05) is 24.3 Å². The largest absolute Gasteiger partial charge is 0.496 e. The Morgan fingerprint density at radius 1 is 1.30 bits per heavy atom. The average Bonchev–Trinajstić information content (AvgIpc) is 2.46. The molecule has 1 aliphatic carbocycles. The first kappa shape index (κ1) is 12.0. The summed E-state index contributed by atoms with van der Waals surface area (Å²) in [6.07, 6.45) is 3.54. The zero-order valence-electron chi connectivity index (χ0n) is 11.6. The highest BCUT2D eigenvalue weighted by Crippen LogP contribution is 2.51. The Labute approximate surface area is 118 Å². The Balaban J connectivity index is 2.02. The zero-order chi connectivity index (χ0) is 13.7. The molecule has 0 amide bonds. The molecule has 1 saturated carbocycles. The molecule has 2 bridgehead atoms. The quantitative estimate of drug-likeness (QED) is 0.860. The van der Waals surface area contributed by atoms with Crippen LogP contribution in [0.2, 0.25) is 0 Å². The number of methoxy groups -OCH3 is 1. The molecule has 2 aromatic carbocycles. The van der Waals surface area contributed by atoms with Crippen molar-refractivity contribution in [3.05, 3.63) is 35.9 Å². The molecule has 0 unspecified atom stereocenters. The van der Waals surface area contributed by atoms with Crippen molar-refractivity contribution in [2.45, 2.75) is 37.4 Å². The van der Waals surface area contributed by atoms with Crippen LogP contribution < -0.4 is 9.47 Å². The average molecular weight is 270 g/mol. The van der Waals surface area contributed by atoms with Crippen molar-refractivity contribution in [3.63, 3.8) is 0 Å². The van der Waals surface area contributed by atoms with Crippen LogP contribution in [0.1, 0.15) is 37.2 Å². The third-order valence-corrected chi connectivity index (χ3v) is 4.62. The van der Waals surface area contributed by atoms with Gasteiger partial charge in [-0.05, 0) is 24.8 Å². The van der Waals surface area contributed by atoms with Crippen molar-refractivity contribution < 1.29 is 14.6 Å². The van der Waals surface area contributed by atoms with Crippen LogP contribution in [0.4, 0.5) is 0 Å². The van der Waals surface area contributed by atoms with Gasteiger partial charge in [-0.2, -0.15) is 0 Å². The molecule has 2 aliphatic rings. The molecule has 0 aromatic heterocycles. The van der Waals surface area contributed by atoms with E-state index in [0.717, 1.165) is 41.5 Å². The second-order valence-electron chi connectivity index (χ2n) is 5.88. The van der Waals surface area contributed by atoms with Gasteiger partial charge in [0, 0.05) is 29.2 Å². The van der Waals surface area contributed by atoms with Gasteiger partial charge in [-0.15, -0.1) is 0 Å². The molecule has 2 atom stereocenters. The number of fused-ring (bicyclic) bond motifs is 6. The van der Waals surface area contributed by atoms with Crippen LogP contribution >= 0.6 is 0 Å². The van der Waals surface area contributed by atoms with Gasteiger partial charge in [-0.25, -0.2) is 0 Å². The van der Waals surface area contributed by atoms with E-state index in [-0.39, 0.29) is 0 Å². The Bertz CT molecular complexity index is 679. The topological polar surface area (TPSA) is 38.7 Å². The number of rotatable bonds is 1. The second kappa shape index (κ2) is 4.13. The maximum Gasteiger partial charge on any atom is 0.208 e. The van der Waals surface area contributed by atoms with Crippen molar-refractivity contribution in [1.29, 1.82) is 0 Å². The van der Waals surface area contributed by atoms with Gasteiger partial charge in [0.2, 0.25) is 5.79 Å². The number of ether oxygens (including phenoxy) is 2. The van der Waals surface area contributed by atoms with Gasteiger partial charge in [0.25, 0.3) is 0 Å². The van der Waals surface area contributed by atoms with Crippen LogP contribution in [0.15, 0.2) is 30.3 Å². The van der Waals surface area contributed by atoms with E-state index in [1.165, 1.54) is 5.56 Å². The van der Waals surface area contributed by atoms with Crippen LogP contribution in [-0.4, -0.2) is 18.0 Å². The lowest BCUT2D eigenvalue weighted by molar-refractivity contribution is -0.171. The minimum absolute atomic E-state index is 0.371. The summed E-state index contributed by atoms with van der Waals surface area (Å²) in [5.74, 6) is 1.13. The number of aliphatic hydroxyl groups is 1. The normalized spacial score (nSPS) is 27.8. The molecule has 0 radical (unpaired) electrons. The standard InChI is InChI=1S/C17H18O3/c1-19-15-9-14-11-5-4-8-17(18,10-11)20-16(14)13-7-3-2-6-12(13)15/h2-3,6-7,9,11,18H,4-5,8,10H2,1H3/t11-,17+/m0/s1. The smallest absolute Gasteiger partial charge is 0.208 e. The molecular weight excluding hydrogens is 252 g/mol. The molecule has 1 N–H and O–H groups in total. The van der Waals surface area contributed by atoms with Gasteiger partial charge in [0.15, 0.2) is 0 Å². The fourth-order valence-electron chi connectivity index (χ4n) is 3.68. The third kappa shape index (κ3) is 1.63. The summed E-state index contributed by atoms with van der Waals surface area (Å²) in [5, 5.41) is 12.7. The summed E-state index contributed by atoms with van der Waals surface area (Å²) in [6.45, 7) is 0. The van der Waals surface area contributed by atoms with E-state index >= 15 is 0 Å². The Morgan fingerprint density at radius 2 is 2.10 bits per heavy atom. The number of benzene rings is 2. The maximum atomic E-state index is 10.6. The molecular formula is C17H18O3. The molecule has 3 heteroatoms. The monoisotopic (exact) mass is 270 g/mol. The molecule has 1 fully saturated rings. The van der Waals surface area contributed by atoms with Crippen LogP contribution in [0.5, 0.6) is 11.5 Å². The first-order valence-electron chi connectivity index (χ1n) is 7.21. The lowest BCUT2D eigenvalue weighted by Gasteiger charge is -2.43. The molecule has 0 saturated heterocycles. The molecule has 1 aliphatic heterocycles. The fourth-order valence-corrected chi connectivity index (χ4v) is 3.68. The maximum absolute atomic E-state index is 10.6. The van der Waals surface area contributed by atoms with Gasteiger partial charge in [0.05, 0.1) is 7.11 Å². The molecule has 2 aromatic rings. The zero-order valence-corrected chi connectivity index (χ0v) is 11.6. The minimum atomic E-state index is -0.979. The molecule has 104 valence electrons. The highest BCUT2D eigenvalue weighted by atomic mass is 16.6. The summed E-state index contributed by atoms with van der Waals surface area (Å²) < 4.78 is 11.5. The van der Waals surface area contributed by atoms with Gasteiger partial charge in [-0.3, -0.25) is 0 Å². The molecule has 4 rings (SSSR count). The van der Waals surface area contributed by atoms with Gasteiger partial charge >= 0.3 is 0 Å². The van der Waals surface area contributed by atoms with Crippen LogP contribution in [-0.2, 0) is 0 Å². The number of hydrogen-bond donors (Lipinski definition) is 1. The van der Waals surface area contributed by atoms with Crippen LogP contribution in [0, 0.1) is 0 Å². The summed E-state index contributed by atoms with van der Waals surface area (Å²) >= 11 is 0. The molecule has 20 heavy (non-hydrogen) atoms. The van der Waals surface area contributed by atoms with Crippen molar-refractivity contribution in [3.8, 4) is 11.5 Å². The van der Waals surface area contributed by atoms with E-state index in [2.05, 4.69) is 6.07 Å². The van der Waals surface area contributed by atoms with E-state index < -0.39 is 5.79 Å². The summed E-state index contributed by atoms with van der Waals surface area (Å²) in [7, 11) is 1.70. The summed E-state index contributed by atoms with van der Waals surface area (Å²) in [4.78, 5) is 0. The lowest BCUT2D eigenvalue weighted by atomic mass is 9.77. The van der Waals surface area contributed by atoms with E-state index in [4.69, 9.17) is 9.47 Å². The van der Waals surface area contributed by atoms with E-state index in [0.29, 0.717) is 12.3 Å². The molecule has 1 heterocycles. The van der Waals surface area contributed by atoms with Crippen molar-refractivity contribution in [1.82, 2.24) is 0 Å².